The molecule has 0 amide bonds. The summed E-state index contributed by atoms with van der Waals surface area (Å²) in [6.45, 7) is 1.79. The lowest BCUT2D eigenvalue weighted by Crippen LogP contribution is -2.27. The molecule has 0 radical (unpaired) electrons. The van der Waals surface area contributed by atoms with Crippen LogP contribution >= 0.6 is 12.4 Å². The van der Waals surface area contributed by atoms with Crippen LogP contribution in [0.1, 0.15) is 30.0 Å². The highest BCUT2D eigenvalue weighted by molar-refractivity contribution is 5.85. The molecule has 1 saturated heterocycles. The molecule has 1 fully saturated rings. The molecule has 23 heavy (non-hydrogen) atoms. The highest BCUT2D eigenvalue weighted by Crippen LogP contribution is 2.32. The van der Waals surface area contributed by atoms with Crippen LogP contribution in [-0.2, 0) is 0 Å². The van der Waals surface area contributed by atoms with E-state index in [0.717, 1.165) is 25.9 Å². The summed E-state index contributed by atoms with van der Waals surface area (Å²) in [6, 6.07) is 8.98. The fourth-order valence-corrected chi connectivity index (χ4v) is 2.78. The zero-order valence-corrected chi connectivity index (χ0v) is 13.3. The molecule has 6 nitrogen and oxygen atoms in total. The summed E-state index contributed by atoms with van der Waals surface area (Å²) >= 11 is 0. The Hall–Kier alpha value is -2.36. The van der Waals surface area contributed by atoms with E-state index in [4.69, 9.17) is 5.73 Å². The van der Waals surface area contributed by atoms with Crippen LogP contribution in [0.15, 0.2) is 24.3 Å². The summed E-state index contributed by atoms with van der Waals surface area (Å²) in [5.41, 5.74) is 7.52. The van der Waals surface area contributed by atoms with Crippen molar-refractivity contribution in [1.82, 2.24) is 15.3 Å². The summed E-state index contributed by atoms with van der Waals surface area (Å²) in [4.78, 5) is 8.76. The Morgan fingerprint density at radius 1 is 1.22 bits per heavy atom. The van der Waals surface area contributed by atoms with E-state index in [-0.39, 0.29) is 29.9 Å². The Labute approximate surface area is 140 Å². The Bertz CT molecular complexity index is 738. The lowest BCUT2D eigenvalue weighted by atomic mass is 9.91. The van der Waals surface area contributed by atoms with Crippen LogP contribution < -0.4 is 11.1 Å². The molecule has 7 heteroatoms. The molecular formula is C16H18ClN5O. The molecule has 0 aliphatic carbocycles. The summed E-state index contributed by atoms with van der Waals surface area (Å²) in [7, 11) is 0. The number of para-hydroxylation sites is 1. The number of aromatic nitrogens is 2. The number of nitrogens with two attached hydrogens (primary N) is 1. The van der Waals surface area contributed by atoms with Crippen LogP contribution in [0, 0.1) is 11.3 Å². The Morgan fingerprint density at radius 2 is 1.91 bits per heavy atom. The number of piperidine rings is 1. The van der Waals surface area contributed by atoms with Gasteiger partial charge in [0.15, 0.2) is 5.82 Å². The van der Waals surface area contributed by atoms with Crippen molar-refractivity contribution in [2.45, 2.75) is 18.8 Å². The molecule has 0 unspecified atom stereocenters. The van der Waals surface area contributed by atoms with Crippen molar-refractivity contribution in [3.63, 3.8) is 0 Å². The third-order valence-corrected chi connectivity index (χ3v) is 3.95. The van der Waals surface area contributed by atoms with E-state index < -0.39 is 0 Å². The first-order chi connectivity index (χ1) is 10.7. The molecule has 120 valence electrons. The van der Waals surface area contributed by atoms with Crippen LogP contribution in [0.4, 0.5) is 5.82 Å². The van der Waals surface area contributed by atoms with Gasteiger partial charge in [-0.25, -0.2) is 9.97 Å². The lowest BCUT2D eigenvalue weighted by Gasteiger charge is -2.23. The van der Waals surface area contributed by atoms with Gasteiger partial charge < -0.3 is 16.2 Å². The first-order valence-corrected chi connectivity index (χ1v) is 7.27. The second kappa shape index (κ2) is 7.27. The van der Waals surface area contributed by atoms with Gasteiger partial charge in [-0.2, -0.15) is 5.26 Å². The van der Waals surface area contributed by atoms with Crippen molar-refractivity contribution in [2.75, 3.05) is 18.8 Å². The third kappa shape index (κ3) is 3.36. The van der Waals surface area contributed by atoms with E-state index in [1.165, 1.54) is 0 Å². The Morgan fingerprint density at radius 3 is 2.57 bits per heavy atom. The van der Waals surface area contributed by atoms with Crippen molar-refractivity contribution in [3.8, 4) is 23.2 Å². The number of halogens is 1. The number of nitriles is 1. The number of hydrogen-bond acceptors (Lipinski definition) is 6. The average Bonchev–Trinajstić information content (AvgIpc) is 2.55. The largest absolute Gasteiger partial charge is 0.507 e. The molecule has 1 aromatic carbocycles. The maximum absolute atomic E-state index is 9.99. The molecule has 0 bridgehead atoms. The zero-order valence-electron chi connectivity index (χ0n) is 12.5. The van der Waals surface area contributed by atoms with Gasteiger partial charge in [-0.05, 0) is 38.1 Å². The zero-order chi connectivity index (χ0) is 15.5. The van der Waals surface area contributed by atoms with Gasteiger partial charge in [0.1, 0.15) is 23.2 Å². The quantitative estimate of drug-likeness (QED) is 0.778. The molecule has 1 aliphatic rings. The van der Waals surface area contributed by atoms with Crippen LogP contribution in [0.2, 0.25) is 0 Å². The minimum Gasteiger partial charge on any atom is -0.507 e. The topological polar surface area (TPSA) is 108 Å². The number of phenolic OH excluding ortho intramolecular Hbond substituents is 1. The molecule has 0 saturated carbocycles. The van der Waals surface area contributed by atoms with Gasteiger partial charge in [0.25, 0.3) is 0 Å². The fraction of sp³-hybridized carbons (Fsp3) is 0.312. The number of anilines is 1. The number of nitrogens with one attached hydrogen (secondary N) is 1. The first kappa shape index (κ1) is 17.0. The smallest absolute Gasteiger partial charge is 0.165 e. The number of hydrogen-bond donors (Lipinski definition) is 3. The molecule has 2 heterocycles. The van der Waals surface area contributed by atoms with E-state index in [9.17, 15) is 10.4 Å². The van der Waals surface area contributed by atoms with Crippen molar-refractivity contribution >= 4 is 18.2 Å². The van der Waals surface area contributed by atoms with Gasteiger partial charge in [0, 0.05) is 5.92 Å². The van der Waals surface area contributed by atoms with E-state index in [2.05, 4.69) is 21.4 Å². The van der Waals surface area contributed by atoms with Gasteiger partial charge in [0.2, 0.25) is 0 Å². The SMILES string of the molecule is Cl.N#Cc1c(N)nc(-c2ccccc2O)nc1C1CCNCC1. The summed E-state index contributed by atoms with van der Waals surface area (Å²) in [5, 5.41) is 22.7. The number of rotatable bonds is 2. The second-order valence-corrected chi connectivity index (χ2v) is 5.35. The predicted molar refractivity (Wildman–Crippen MR) is 90.4 cm³/mol. The number of nitrogens with zero attached hydrogens (tertiary/aromatic N) is 3. The molecule has 1 aromatic heterocycles. The highest BCUT2D eigenvalue weighted by Gasteiger charge is 2.23. The molecule has 4 N–H and O–H groups in total. The van der Waals surface area contributed by atoms with E-state index in [1.54, 1.807) is 24.3 Å². The van der Waals surface area contributed by atoms with Crippen LogP contribution in [0.5, 0.6) is 5.75 Å². The third-order valence-electron chi connectivity index (χ3n) is 3.95. The van der Waals surface area contributed by atoms with E-state index >= 15 is 0 Å². The number of benzene rings is 1. The fourth-order valence-electron chi connectivity index (χ4n) is 2.78. The van der Waals surface area contributed by atoms with Gasteiger partial charge >= 0.3 is 0 Å². The minimum atomic E-state index is 0. The minimum absolute atomic E-state index is 0. The van der Waals surface area contributed by atoms with Crippen molar-refractivity contribution in [3.05, 3.63) is 35.5 Å². The molecule has 0 atom stereocenters. The first-order valence-electron chi connectivity index (χ1n) is 7.27. The van der Waals surface area contributed by atoms with Crippen LogP contribution in [-0.4, -0.2) is 28.2 Å². The lowest BCUT2D eigenvalue weighted by molar-refractivity contribution is 0.452. The second-order valence-electron chi connectivity index (χ2n) is 5.35. The van der Waals surface area contributed by atoms with E-state index in [0.29, 0.717) is 22.6 Å². The van der Waals surface area contributed by atoms with Crippen molar-refractivity contribution in [1.29, 1.82) is 5.26 Å². The van der Waals surface area contributed by atoms with Gasteiger partial charge in [-0.15, -0.1) is 12.4 Å². The van der Waals surface area contributed by atoms with E-state index in [1.807, 2.05) is 0 Å². The summed E-state index contributed by atoms with van der Waals surface area (Å²) in [5.74, 6) is 0.820. The highest BCUT2D eigenvalue weighted by atomic mass is 35.5. The number of aromatic hydroxyl groups is 1. The normalized spacial score (nSPS) is 14.7. The monoisotopic (exact) mass is 331 g/mol. The summed E-state index contributed by atoms with van der Waals surface area (Å²) in [6.07, 6.45) is 1.82. The average molecular weight is 332 g/mol. The summed E-state index contributed by atoms with van der Waals surface area (Å²) < 4.78 is 0. The molecule has 3 rings (SSSR count). The van der Waals surface area contributed by atoms with Crippen molar-refractivity contribution < 1.29 is 5.11 Å². The standard InChI is InChI=1S/C16H17N5O.ClH/c17-9-12-14(10-5-7-19-8-6-10)20-16(21-15(12)18)11-3-1-2-4-13(11)22;/h1-4,10,19,22H,5-8H2,(H2,18,20,21);1H. The molecular weight excluding hydrogens is 314 g/mol. The maximum Gasteiger partial charge on any atom is 0.165 e. The van der Waals surface area contributed by atoms with Gasteiger partial charge in [-0.1, -0.05) is 12.1 Å². The van der Waals surface area contributed by atoms with Gasteiger partial charge in [0.05, 0.1) is 11.3 Å². The Kier molecular flexibility index (Phi) is 5.37. The Balaban J connectivity index is 0.00000192. The van der Waals surface area contributed by atoms with Crippen LogP contribution in [0.25, 0.3) is 11.4 Å². The molecule has 1 aliphatic heterocycles. The van der Waals surface area contributed by atoms with Gasteiger partial charge in [-0.3, -0.25) is 0 Å². The molecule has 2 aromatic rings. The van der Waals surface area contributed by atoms with Crippen LogP contribution in [0.3, 0.4) is 0 Å². The number of phenols is 1. The van der Waals surface area contributed by atoms with Crippen molar-refractivity contribution in [2.24, 2.45) is 0 Å². The number of nitrogen functional groups attached to an aromatic ring is 1. The molecule has 0 spiro atoms. The predicted octanol–water partition coefficient (Wildman–Crippen LogP) is 2.19. The maximum atomic E-state index is 9.99.